The van der Waals surface area contributed by atoms with Gasteiger partial charge in [0.2, 0.25) is 0 Å². The third-order valence-corrected chi connectivity index (χ3v) is 7.36. The Morgan fingerprint density at radius 1 is 1.25 bits per heavy atom. The number of ether oxygens (including phenoxy) is 1. The summed E-state index contributed by atoms with van der Waals surface area (Å²) < 4.78 is 28.6. The van der Waals surface area contributed by atoms with E-state index in [9.17, 15) is 8.42 Å². The molecule has 3 unspecified atom stereocenters. The van der Waals surface area contributed by atoms with Crippen molar-refractivity contribution >= 4 is 39.8 Å². The van der Waals surface area contributed by atoms with E-state index < -0.39 is 9.84 Å². The molecule has 3 atom stereocenters. The van der Waals surface area contributed by atoms with Crippen molar-refractivity contribution in [3.8, 4) is 0 Å². The Hall–Kier alpha value is -0.0900. The van der Waals surface area contributed by atoms with Crippen LogP contribution in [0.5, 0.6) is 0 Å². The summed E-state index contributed by atoms with van der Waals surface area (Å²) in [5.41, 5.74) is 0.0808. The van der Waals surface area contributed by atoms with E-state index in [0.29, 0.717) is 24.4 Å². The SMILES string of the molecule is COC1CC(NC(=NCC2CCS(=O)(=O)C2)NC2CC2)C1(C)C.I. The number of hydrogen-bond donors (Lipinski definition) is 2. The second kappa shape index (κ2) is 7.65. The van der Waals surface area contributed by atoms with E-state index in [1.807, 2.05) is 0 Å². The molecular weight excluding hydrogens is 441 g/mol. The van der Waals surface area contributed by atoms with Crippen molar-refractivity contribution in [2.24, 2.45) is 16.3 Å². The zero-order valence-electron chi connectivity index (χ0n) is 14.7. The highest BCUT2D eigenvalue weighted by Gasteiger charge is 2.49. The van der Waals surface area contributed by atoms with E-state index in [4.69, 9.17) is 4.74 Å². The molecule has 1 heterocycles. The molecule has 1 saturated heterocycles. The molecule has 0 aromatic carbocycles. The van der Waals surface area contributed by atoms with Crippen molar-refractivity contribution in [3.05, 3.63) is 0 Å². The van der Waals surface area contributed by atoms with Crippen LogP contribution < -0.4 is 10.6 Å². The quantitative estimate of drug-likeness (QED) is 0.362. The minimum Gasteiger partial charge on any atom is -0.381 e. The van der Waals surface area contributed by atoms with E-state index in [2.05, 4.69) is 29.5 Å². The van der Waals surface area contributed by atoms with Gasteiger partial charge in [0.05, 0.1) is 17.6 Å². The van der Waals surface area contributed by atoms with Crippen LogP contribution in [-0.2, 0) is 14.6 Å². The summed E-state index contributed by atoms with van der Waals surface area (Å²) in [6, 6.07) is 0.861. The van der Waals surface area contributed by atoms with Crippen molar-refractivity contribution in [2.45, 2.75) is 57.7 Å². The van der Waals surface area contributed by atoms with Crippen LogP contribution in [0.15, 0.2) is 4.99 Å². The maximum Gasteiger partial charge on any atom is 0.191 e. The summed E-state index contributed by atoms with van der Waals surface area (Å²) in [7, 11) is -1.06. The lowest BCUT2D eigenvalue weighted by molar-refractivity contribution is -0.0922. The fraction of sp³-hybridized carbons (Fsp3) is 0.938. The van der Waals surface area contributed by atoms with Gasteiger partial charge in [-0.05, 0) is 31.6 Å². The second-order valence-corrected chi connectivity index (χ2v) is 10.1. The zero-order valence-corrected chi connectivity index (χ0v) is 17.9. The molecule has 8 heteroatoms. The number of hydrogen-bond acceptors (Lipinski definition) is 4. The zero-order chi connectivity index (χ0) is 16.7. The van der Waals surface area contributed by atoms with Crippen LogP contribution in [-0.4, -0.2) is 57.7 Å². The number of nitrogens with one attached hydrogen (secondary N) is 2. The summed E-state index contributed by atoms with van der Waals surface area (Å²) >= 11 is 0. The highest BCUT2D eigenvalue weighted by atomic mass is 127. The van der Waals surface area contributed by atoms with Crippen molar-refractivity contribution in [3.63, 3.8) is 0 Å². The summed E-state index contributed by atoms with van der Waals surface area (Å²) in [4.78, 5) is 4.68. The number of rotatable bonds is 5. The number of aliphatic imine (C=N–C) groups is 1. The molecule has 2 aliphatic carbocycles. The van der Waals surface area contributed by atoms with Crippen LogP contribution in [0.4, 0.5) is 0 Å². The molecule has 0 spiro atoms. The maximum absolute atomic E-state index is 11.6. The number of halogens is 1. The van der Waals surface area contributed by atoms with Crippen molar-refractivity contribution in [1.82, 2.24) is 10.6 Å². The molecule has 0 aromatic heterocycles. The monoisotopic (exact) mass is 471 g/mol. The number of sulfone groups is 1. The molecule has 3 fully saturated rings. The van der Waals surface area contributed by atoms with Crippen molar-refractivity contribution < 1.29 is 13.2 Å². The van der Waals surface area contributed by atoms with E-state index >= 15 is 0 Å². The second-order valence-electron chi connectivity index (χ2n) is 7.86. The molecule has 0 bridgehead atoms. The molecule has 0 radical (unpaired) electrons. The molecule has 2 N–H and O–H groups in total. The normalized spacial score (nSPS) is 34.1. The van der Waals surface area contributed by atoms with E-state index in [1.165, 1.54) is 12.8 Å². The lowest BCUT2D eigenvalue weighted by atomic mass is 9.64. The predicted molar refractivity (Wildman–Crippen MR) is 107 cm³/mol. The van der Waals surface area contributed by atoms with Crippen molar-refractivity contribution in [1.29, 1.82) is 0 Å². The Labute approximate surface area is 162 Å². The van der Waals surface area contributed by atoms with Crippen LogP contribution in [0.3, 0.4) is 0 Å². The van der Waals surface area contributed by atoms with Gasteiger partial charge in [-0.25, -0.2) is 8.42 Å². The first-order valence-electron chi connectivity index (χ1n) is 8.61. The van der Waals surface area contributed by atoms with E-state index in [-0.39, 0.29) is 47.2 Å². The van der Waals surface area contributed by atoms with Gasteiger partial charge in [0.1, 0.15) is 0 Å². The molecule has 3 aliphatic rings. The summed E-state index contributed by atoms with van der Waals surface area (Å²) in [5.74, 6) is 1.61. The van der Waals surface area contributed by atoms with Gasteiger partial charge in [-0.1, -0.05) is 13.8 Å². The van der Waals surface area contributed by atoms with E-state index in [1.54, 1.807) is 7.11 Å². The molecule has 3 rings (SSSR count). The van der Waals surface area contributed by atoms with Crippen molar-refractivity contribution in [2.75, 3.05) is 25.2 Å². The topological polar surface area (TPSA) is 79.8 Å². The van der Waals surface area contributed by atoms with Crippen LogP contribution >= 0.6 is 24.0 Å². The minimum absolute atomic E-state index is 0. The first-order valence-corrected chi connectivity index (χ1v) is 10.4. The first kappa shape index (κ1) is 20.2. The maximum atomic E-state index is 11.6. The van der Waals surface area contributed by atoms with Gasteiger partial charge >= 0.3 is 0 Å². The number of guanidine groups is 1. The molecule has 2 saturated carbocycles. The number of methoxy groups -OCH3 is 1. The Kier molecular flexibility index (Phi) is 6.45. The standard InChI is InChI=1S/C16H29N3O3S.HI/c1-16(2)13(8-14(16)22-3)19-15(18-12-4-5-12)17-9-11-6-7-23(20,21)10-11;/h11-14H,4-10H2,1-3H3,(H2,17,18,19);1H. The molecule has 0 amide bonds. The summed E-state index contributed by atoms with van der Waals surface area (Å²) in [6.45, 7) is 5.00. The van der Waals surface area contributed by atoms with Gasteiger partial charge in [-0.2, -0.15) is 0 Å². The number of nitrogens with zero attached hydrogens (tertiary/aromatic N) is 1. The highest BCUT2D eigenvalue weighted by Crippen LogP contribution is 2.42. The Morgan fingerprint density at radius 3 is 2.46 bits per heavy atom. The van der Waals surface area contributed by atoms with Gasteiger partial charge < -0.3 is 15.4 Å². The molecule has 140 valence electrons. The summed E-state index contributed by atoms with van der Waals surface area (Å²) in [6.07, 6.45) is 4.37. The lowest BCUT2D eigenvalue weighted by Gasteiger charge is -2.51. The first-order chi connectivity index (χ1) is 10.8. The lowest BCUT2D eigenvalue weighted by Crippen LogP contribution is -2.63. The van der Waals surface area contributed by atoms with Gasteiger partial charge in [0, 0.05) is 31.2 Å². The third kappa shape index (κ3) is 4.75. The Bertz CT molecular complexity index is 575. The van der Waals surface area contributed by atoms with Crippen LogP contribution in [0, 0.1) is 11.3 Å². The Balaban J connectivity index is 0.00000208. The smallest absolute Gasteiger partial charge is 0.191 e. The molecule has 24 heavy (non-hydrogen) atoms. The average molecular weight is 471 g/mol. The van der Waals surface area contributed by atoms with Crippen LogP contribution in [0.1, 0.15) is 39.5 Å². The van der Waals surface area contributed by atoms with Gasteiger partial charge in [-0.3, -0.25) is 4.99 Å². The van der Waals surface area contributed by atoms with Gasteiger partial charge in [-0.15, -0.1) is 24.0 Å². The fourth-order valence-corrected chi connectivity index (χ4v) is 5.34. The third-order valence-electron chi connectivity index (χ3n) is 5.53. The highest BCUT2D eigenvalue weighted by molar-refractivity contribution is 14.0. The molecule has 6 nitrogen and oxygen atoms in total. The van der Waals surface area contributed by atoms with E-state index in [0.717, 1.165) is 18.8 Å². The average Bonchev–Trinajstić information content (AvgIpc) is 3.22. The molecular formula is C16H30IN3O3S. The Morgan fingerprint density at radius 2 is 1.96 bits per heavy atom. The fourth-order valence-electron chi connectivity index (χ4n) is 3.49. The largest absolute Gasteiger partial charge is 0.381 e. The summed E-state index contributed by atoms with van der Waals surface area (Å²) in [5, 5.41) is 6.99. The minimum atomic E-state index is -2.83. The van der Waals surface area contributed by atoms with Crippen LogP contribution in [0.2, 0.25) is 0 Å². The van der Waals surface area contributed by atoms with Crippen LogP contribution in [0.25, 0.3) is 0 Å². The van der Waals surface area contributed by atoms with Gasteiger partial charge in [0.15, 0.2) is 15.8 Å². The van der Waals surface area contributed by atoms with Gasteiger partial charge in [0.25, 0.3) is 0 Å². The predicted octanol–water partition coefficient (Wildman–Crippen LogP) is 1.55. The molecule has 0 aromatic rings. The molecule has 1 aliphatic heterocycles.